The first-order chi connectivity index (χ1) is 7.78. The summed E-state index contributed by atoms with van der Waals surface area (Å²) in [5, 5.41) is 15.4. The summed E-state index contributed by atoms with van der Waals surface area (Å²) in [6.45, 7) is 0. The van der Waals surface area contributed by atoms with Gasteiger partial charge in [-0.15, -0.1) is 23.1 Å². The minimum Gasteiger partial charge on any atom is -0.507 e. The Morgan fingerprint density at radius 1 is 1.06 bits per heavy atom. The Labute approximate surface area is 102 Å². The smallest absolute Gasteiger partial charge is 0.129 e. The molecule has 0 fully saturated rings. The minimum absolute atomic E-state index is 0.370. The van der Waals surface area contributed by atoms with E-state index >= 15 is 0 Å². The number of hydrogen-bond donors (Lipinski definition) is 1. The van der Waals surface area contributed by atoms with Crippen LogP contribution in [0.1, 0.15) is 0 Å². The molecule has 0 aliphatic heterocycles. The van der Waals surface area contributed by atoms with Crippen LogP contribution in [0.4, 0.5) is 0 Å². The second-order valence-corrected chi connectivity index (χ2v) is 5.48. The molecular weight excluding hydrogens is 236 g/mol. The van der Waals surface area contributed by atoms with E-state index in [9.17, 15) is 5.11 Å². The van der Waals surface area contributed by atoms with Crippen molar-refractivity contribution in [2.75, 3.05) is 6.26 Å². The zero-order valence-corrected chi connectivity index (χ0v) is 10.4. The summed E-state index contributed by atoms with van der Waals surface area (Å²) in [6, 6.07) is 10.3. The lowest BCUT2D eigenvalue weighted by Crippen LogP contribution is -1.77. The zero-order chi connectivity index (χ0) is 11.1. The number of thioether (sulfide) groups is 1. The van der Waals surface area contributed by atoms with Crippen LogP contribution in [0.5, 0.6) is 5.75 Å². The van der Waals surface area contributed by atoms with Crippen molar-refractivity contribution in [1.82, 2.24) is 0 Å². The van der Waals surface area contributed by atoms with Gasteiger partial charge in [-0.05, 0) is 58.1 Å². The van der Waals surface area contributed by atoms with Gasteiger partial charge in [0.1, 0.15) is 5.75 Å². The molecule has 1 nitrogen and oxygen atoms in total. The molecular formula is C13H10OS2. The summed E-state index contributed by atoms with van der Waals surface area (Å²) < 4.78 is 1.30. The van der Waals surface area contributed by atoms with Crippen LogP contribution in [0, 0.1) is 0 Å². The monoisotopic (exact) mass is 246 g/mol. The second-order valence-electron chi connectivity index (χ2n) is 3.68. The van der Waals surface area contributed by atoms with E-state index in [0.29, 0.717) is 5.75 Å². The molecule has 3 heteroatoms. The van der Waals surface area contributed by atoms with E-state index < -0.39 is 0 Å². The Kier molecular flexibility index (Phi) is 2.30. The van der Waals surface area contributed by atoms with Gasteiger partial charge in [-0.2, -0.15) is 0 Å². The fraction of sp³-hybridized carbons (Fsp3) is 0.0769. The van der Waals surface area contributed by atoms with E-state index in [0.717, 1.165) is 10.3 Å². The highest BCUT2D eigenvalue weighted by Gasteiger charge is 2.04. The van der Waals surface area contributed by atoms with Gasteiger partial charge in [-0.1, -0.05) is 0 Å². The summed E-state index contributed by atoms with van der Waals surface area (Å²) in [5.41, 5.74) is 0. The molecule has 0 saturated carbocycles. The summed E-state index contributed by atoms with van der Waals surface area (Å²) in [5.74, 6) is 0.370. The van der Waals surface area contributed by atoms with Gasteiger partial charge in [0, 0.05) is 9.60 Å². The van der Waals surface area contributed by atoms with E-state index in [4.69, 9.17) is 0 Å². The molecule has 0 unspecified atom stereocenters. The van der Waals surface area contributed by atoms with Gasteiger partial charge in [0.25, 0.3) is 0 Å². The molecule has 0 amide bonds. The summed E-state index contributed by atoms with van der Waals surface area (Å²) in [6.07, 6.45) is 1.98. The maximum Gasteiger partial charge on any atom is 0.129 e. The molecule has 3 rings (SSSR count). The Hall–Kier alpha value is -1.19. The SMILES string of the molecule is CSc1cc2cc3sccc3cc2cc1O. The van der Waals surface area contributed by atoms with Crippen LogP contribution >= 0.6 is 23.1 Å². The lowest BCUT2D eigenvalue weighted by Gasteiger charge is -2.04. The van der Waals surface area contributed by atoms with Gasteiger partial charge in [0.15, 0.2) is 0 Å². The van der Waals surface area contributed by atoms with Gasteiger partial charge in [0.2, 0.25) is 0 Å². The van der Waals surface area contributed by atoms with E-state index in [2.05, 4.69) is 29.6 Å². The minimum atomic E-state index is 0.370. The normalized spacial score (nSPS) is 11.3. The van der Waals surface area contributed by atoms with E-state index in [-0.39, 0.29) is 0 Å². The molecule has 0 bridgehead atoms. The number of fused-ring (bicyclic) bond motifs is 2. The quantitative estimate of drug-likeness (QED) is 0.639. The third kappa shape index (κ3) is 1.47. The summed E-state index contributed by atoms with van der Waals surface area (Å²) in [4.78, 5) is 0.934. The average molecular weight is 246 g/mol. The van der Waals surface area contributed by atoms with Gasteiger partial charge in [-0.3, -0.25) is 0 Å². The number of rotatable bonds is 1. The fourth-order valence-electron chi connectivity index (χ4n) is 1.89. The standard InChI is InChI=1S/C13H10OS2/c1-15-13-7-10-6-12-8(2-3-16-12)4-9(10)5-11(13)14/h2-7,14H,1H3. The van der Waals surface area contributed by atoms with Gasteiger partial charge >= 0.3 is 0 Å². The first-order valence-corrected chi connectivity index (χ1v) is 7.06. The highest BCUT2D eigenvalue weighted by molar-refractivity contribution is 7.98. The maximum absolute atomic E-state index is 9.81. The molecule has 1 aromatic heterocycles. The Morgan fingerprint density at radius 3 is 2.69 bits per heavy atom. The zero-order valence-electron chi connectivity index (χ0n) is 8.73. The molecule has 1 N–H and O–H groups in total. The molecule has 2 aromatic carbocycles. The van der Waals surface area contributed by atoms with Gasteiger partial charge in [0.05, 0.1) is 0 Å². The van der Waals surface area contributed by atoms with Crippen LogP contribution in [-0.2, 0) is 0 Å². The largest absolute Gasteiger partial charge is 0.507 e. The van der Waals surface area contributed by atoms with Gasteiger partial charge in [-0.25, -0.2) is 0 Å². The van der Waals surface area contributed by atoms with Crippen LogP contribution < -0.4 is 0 Å². The molecule has 1 heterocycles. The molecule has 3 aromatic rings. The predicted octanol–water partition coefficient (Wildman–Crippen LogP) is 4.48. The number of aromatic hydroxyl groups is 1. The van der Waals surface area contributed by atoms with Crippen molar-refractivity contribution in [1.29, 1.82) is 0 Å². The first kappa shape index (κ1) is 10.00. The molecule has 0 saturated heterocycles. The molecule has 0 radical (unpaired) electrons. The third-order valence-corrected chi connectivity index (χ3v) is 4.36. The number of benzene rings is 2. The number of phenols is 1. The number of thiophene rings is 1. The number of phenolic OH excluding ortho intramolecular Hbond substituents is 1. The van der Waals surface area contributed by atoms with Gasteiger partial charge < -0.3 is 5.11 Å². The third-order valence-electron chi connectivity index (χ3n) is 2.71. The van der Waals surface area contributed by atoms with Crippen molar-refractivity contribution in [3.8, 4) is 5.75 Å². The van der Waals surface area contributed by atoms with Crippen LogP contribution in [-0.4, -0.2) is 11.4 Å². The van der Waals surface area contributed by atoms with Crippen molar-refractivity contribution in [3.63, 3.8) is 0 Å². The van der Waals surface area contributed by atoms with Crippen LogP contribution in [0.2, 0.25) is 0 Å². The summed E-state index contributed by atoms with van der Waals surface area (Å²) >= 11 is 3.32. The molecule has 0 spiro atoms. The molecule has 0 atom stereocenters. The average Bonchev–Trinajstić information content (AvgIpc) is 2.72. The molecule has 0 aliphatic rings. The first-order valence-electron chi connectivity index (χ1n) is 4.96. The van der Waals surface area contributed by atoms with Crippen molar-refractivity contribution < 1.29 is 5.11 Å². The fourth-order valence-corrected chi connectivity index (χ4v) is 3.22. The van der Waals surface area contributed by atoms with Crippen LogP contribution in [0.3, 0.4) is 0 Å². The van der Waals surface area contributed by atoms with E-state index in [1.807, 2.05) is 12.3 Å². The molecule has 80 valence electrons. The highest BCUT2D eigenvalue weighted by Crippen LogP contribution is 2.34. The Bertz CT molecular complexity index is 670. The lowest BCUT2D eigenvalue weighted by atomic mass is 10.1. The Balaban J connectivity index is 2.41. The Morgan fingerprint density at radius 2 is 1.88 bits per heavy atom. The van der Waals surface area contributed by atoms with E-state index in [1.165, 1.54) is 15.5 Å². The maximum atomic E-state index is 9.81. The van der Waals surface area contributed by atoms with Crippen molar-refractivity contribution >= 4 is 44.0 Å². The number of hydrogen-bond acceptors (Lipinski definition) is 3. The van der Waals surface area contributed by atoms with Crippen LogP contribution in [0.15, 0.2) is 40.6 Å². The van der Waals surface area contributed by atoms with E-state index in [1.54, 1.807) is 23.1 Å². The van der Waals surface area contributed by atoms with Crippen molar-refractivity contribution in [2.45, 2.75) is 4.90 Å². The molecule has 16 heavy (non-hydrogen) atoms. The lowest BCUT2D eigenvalue weighted by molar-refractivity contribution is 0.463. The molecule has 0 aliphatic carbocycles. The topological polar surface area (TPSA) is 20.2 Å². The second kappa shape index (κ2) is 3.68. The van der Waals surface area contributed by atoms with Crippen molar-refractivity contribution in [2.24, 2.45) is 0 Å². The predicted molar refractivity (Wildman–Crippen MR) is 72.8 cm³/mol. The van der Waals surface area contributed by atoms with Crippen LogP contribution in [0.25, 0.3) is 20.9 Å². The van der Waals surface area contributed by atoms with Crippen molar-refractivity contribution in [3.05, 3.63) is 35.7 Å². The highest BCUT2D eigenvalue weighted by atomic mass is 32.2. The summed E-state index contributed by atoms with van der Waals surface area (Å²) in [7, 11) is 0.